The summed E-state index contributed by atoms with van der Waals surface area (Å²) in [5.74, 6) is 1.65. The molecule has 0 bridgehead atoms. The van der Waals surface area contributed by atoms with E-state index in [4.69, 9.17) is 9.15 Å². The van der Waals surface area contributed by atoms with E-state index in [0.29, 0.717) is 13.1 Å². The van der Waals surface area contributed by atoms with Crippen molar-refractivity contribution in [1.29, 1.82) is 0 Å². The fraction of sp³-hybridized carbons (Fsp3) is 0.500. The maximum absolute atomic E-state index is 11.4. The summed E-state index contributed by atoms with van der Waals surface area (Å²) in [7, 11) is 0.0629. The number of sulfonamides is 1. The van der Waals surface area contributed by atoms with Crippen LogP contribution in [0.2, 0.25) is 0 Å². The normalized spacial score (nSPS) is 13.7. The Morgan fingerprint density at radius 2 is 2.09 bits per heavy atom. The number of ether oxygens (including phenoxy) is 1. The maximum atomic E-state index is 11.4. The van der Waals surface area contributed by atoms with Gasteiger partial charge in [-0.3, -0.25) is 0 Å². The number of likely N-dealkylation sites (N-methyl/N-ethyl adjacent to an activating group) is 1. The van der Waals surface area contributed by atoms with Crippen LogP contribution in [0.5, 0.6) is 5.75 Å². The van der Waals surface area contributed by atoms with Gasteiger partial charge in [0, 0.05) is 31.1 Å². The molecule has 0 aliphatic heterocycles. The molecule has 0 amide bonds. The van der Waals surface area contributed by atoms with E-state index in [0.717, 1.165) is 28.0 Å². The third-order valence-corrected chi connectivity index (χ3v) is 5.33. The summed E-state index contributed by atoms with van der Waals surface area (Å²) in [6.45, 7) is 4.98. The number of benzene rings is 1. The monoisotopic (exact) mass is 340 g/mol. The van der Waals surface area contributed by atoms with Crippen LogP contribution in [0.3, 0.4) is 0 Å². The van der Waals surface area contributed by atoms with Crippen LogP contribution in [0.1, 0.15) is 24.3 Å². The largest absolute Gasteiger partial charge is 0.497 e. The quantitative estimate of drug-likeness (QED) is 0.837. The molecule has 1 N–H and O–H groups in total. The number of furan rings is 1. The summed E-state index contributed by atoms with van der Waals surface area (Å²) >= 11 is 0. The molecule has 128 valence electrons. The molecule has 23 heavy (non-hydrogen) atoms. The van der Waals surface area contributed by atoms with Crippen molar-refractivity contribution in [3.63, 3.8) is 0 Å². The van der Waals surface area contributed by atoms with E-state index in [1.54, 1.807) is 14.2 Å². The second-order valence-electron chi connectivity index (χ2n) is 5.71. The van der Waals surface area contributed by atoms with Gasteiger partial charge in [-0.2, -0.15) is 0 Å². The fourth-order valence-electron chi connectivity index (χ4n) is 2.46. The Balaban J connectivity index is 2.09. The first kappa shape index (κ1) is 17.8. The third kappa shape index (κ3) is 4.04. The molecule has 0 radical (unpaired) electrons. The van der Waals surface area contributed by atoms with Crippen molar-refractivity contribution in [2.45, 2.75) is 19.9 Å². The van der Waals surface area contributed by atoms with Crippen molar-refractivity contribution < 1.29 is 17.6 Å². The highest BCUT2D eigenvalue weighted by Crippen LogP contribution is 2.31. The molecule has 2 aromatic rings. The minimum atomic E-state index is -3.15. The highest BCUT2D eigenvalue weighted by atomic mass is 32.2. The van der Waals surface area contributed by atoms with E-state index in [2.05, 4.69) is 5.32 Å². The number of hydrogen-bond donors (Lipinski definition) is 1. The van der Waals surface area contributed by atoms with Crippen molar-refractivity contribution in [2.24, 2.45) is 0 Å². The van der Waals surface area contributed by atoms with Gasteiger partial charge in [0.25, 0.3) is 0 Å². The minimum Gasteiger partial charge on any atom is -0.497 e. The number of nitrogens with one attached hydrogen (secondary N) is 1. The molecular formula is C16H24N2O4S. The highest BCUT2D eigenvalue weighted by molar-refractivity contribution is 7.88. The van der Waals surface area contributed by atoms with Gasteiger partial charge in [0.05, 0.1) is 19.4 Å². The van der Waals surface area contributed by atoms with Crippen LogP contribution < -0.4 is 10.1 Å². The lowest BCUT2D eigenvalue weighted by atomic mass is 10.1. The Morgan fingerprint density at radius 3 is 2.70 bits per heavy atom. The standard InChI is InChI=1S/C16H24N2O4S/c1-11-14-10-13(21-4)6-7-15(14)22-16(11)12(2)17-8-9-18(3)23(5,19)20/h6-7,10,12,17H,8-9H2,1-5H3/t12-/m0/s1. The summed E-state index contributed by atoms with van der Waals surface area (Å²) in [4.78, 5) is 0. The predicted molar refractivity (Wildman–Crippen MR) is 91.4 cm³/mol. The van der Waals surface area contributed by atoms with E-state index in [9.17, 15) is 8.42 Å². The Hall–Kier alpha value is -1.57. The first-order valence-corrected chi connectivity index (χ1v) is 9.30. The van der Waals surface area contributed by atoms with Gasteiger partial charge in [-0.05, 0) is 32.0 Å². The number of methoxy groups -OCH3 is 1. The first-order chi connectivity index (χ1) is 10.7. The van der Waals surface area contributed by atoms with Gasteiger partial charge < -0.3 is 14.5 Å². The zero-order chi connectivity index (χ0) is 17.2. The number of aryl methyl sites for hydroxylation is 1. The van der Waals surface area contributed by atoms with Crippen LogP contribution in [0.15, 0.2) is 22.6 Å². The zero-order valence-electron chi connectivity index (χ0n) is 14.2. The molecule has 0 spiro atoms. The maximum Gasteiger partial charge on any atom is 0.210 e. The Bertz CT molecular complexity index is 783. The highest BCUT2D eigenvalue weighted by Gasteiger charge is 2.17. The average Bonchev–Trinajstić information content (AvgIpc) is 2.82. The Morgan fingerprint density at radius 1 is 1.39 bits per heavy atom. The van der Waals surface area contributed by atoms with Crippen LogP contribution >= 0.6 is 0 Å². The summed E-state index contributed by atoms with van der Waals surface area (Å²) < 4.78 is 35.3. The van der Waals surface area contributed by atoms with Crippen molar-refractivity contribution in [1.82, 2.24) is 9.62 Å². The molecule has 0 saturated carbocycles. The fourth-order valence-corrected chi connectivity index (χ4v) is 2.88. The molecule has 1 aromatic heterocycles. The van der Waals surface area contributed by atoms with Crippen molar-refractivity contribution >= 4 is 21.0 Å². The van der Waals surface area contributed by atoms with E-state index < -0.39 is 10.0 Å². The molecule has 0 saturated heterocycles. The van der Waals surface area contributed by atoms with Crippen LogP contribution in [-0.4, -0.2) is 46.2 Å². The summed E-state index contributed by atoms with van der Waals surface area (Å²) in [5.41, 5.74) is 1.88. The van der Waals surface area contributed by atoms with E-state index >= 15 is 0 Å². The smallest absolute Gasteiger partial charge is 0.210 e. The minimum absolute atomic E-state index is 0.0126. The van der Waals surface area contributed by atoms with Crippen LogP contribution in [0.25, 0.3) is 11.0 Å². The number of nitrogens with zero attached hydrogens (tertiary/aromatic N) is 1. The molecule has 0 fully saturated rings. The molecule has 1 aromatic carbocycles. The topological polar surface area (TPSA) is 71.8 Å². The van der Waals surface area contributed by atoms with Crippen molar-refractivity contribution in [3.05, 3.63) is 29.5 Å². The lowest BCUT2D eigenvalue weighted by Crippen LogP contribution is -2.34. The van der Waals surface area contributed by atoms with Crippen LogP contribution in [-0.2, 0) is 10.0 Å². The van der Waals surface area contributed by atoms with E-state index in [1.165, 1.54) is 10.6 Å². The van der Waals surface area contributed by atoms with E-state index in [-0.39, 0.29) is 6.04 Å². The van der Waals surface area contributed by atoms with Crippen molar-refractivity contribution in [3.8, 4) is 5.75 Å². The molecule has 0 unspecified atom stereocenters. The third-order valence-electron chi connectivity index (χ3n) is 4.02. The Labute approximate surface area is 137 Å². The van der Waals surface area contributed by atoms with Gasteiger partial charge in [0.15, 0.2) is 0 Å². The predicted octanol–water partition coefficient (Wildman–Crippen LogP) is 2.29. The molecule has 0 aliphatic rings. The van der Waals surface area contributed by atoms with E-state index in [1.807, 2.05) is 32.0 Å². The van der Waals surface area contributed by atoms with Crippen LogP contribution in [0.4, 0.5) is 0 Å². The molecule has 6 nitrogen and oxygen atoms in total. The second-order valence-corrected chi connectivity index (χ2v) is 7.80. The summed E-state index contributed by atoms with van der Waals surface area (Å²) in [6.07, 6.45) is 1.20. The van der Waals surface area contributed by atoms with Gasteiger partial charge in [-0.1, -0.05) is 0 Å². The first-order valence-electron chi connectivity index (χ1n) is 7.45. The Kier molecular flexibility index (Phi) is 5.33. The summed E-state index contributed by atoms with van der Waals surface area (Å²) in [5, 5.41) is 4.33. The van der Waals surface area contributed by atoms with Gasteiger partial charge in [-0.15, -0.1) is 0 Å². The molecule has 7 heteroatoms. The van der Waals surface area contributed by atoms with Gasteiger partial charge in [0.2, 0.25) is 10.0 Å². The van der Waals surface area contributed by atoms with Gasteiger partial charge in [-0.25, -0.2) is 12.7 Å². The lowest BCUT2D eigenvalue weighted by molar-refractivity contribution is 0.413. The van der Waals surface area contributed by atoms with Gasteiger partial charge >= 0.3 is 0 Å². The SMILES string of the molecule is COc1ccc2oc([C@H](C)NCCN(C)S(C)(=O)=O)c(C)c2c1. The molecule has 1 heterocycles. The zero-order valence-corrected chi connectivity index (χ0v) is 15.0. The molecule has 1 atom stereocenters. The second kappa shape index (κ2) is 6.90. The van der Waals surface area contributed by atoms with Crippen molar-refractivity contribution in [2.75, 3.05) is 33.5 Å². The number of hydrogen-bond acceptors (Lipinski definition) is 5. The van der Waals surface area contributed by atoms with Crippen LogP contribution in [0, 0.1) is 6.92 Å². The average molecular weight is 340 g/mol. The molecule has 2 rings (SSSR count). The molecule has 0 aliphatic carbocycles. The van der Waals surface area contributed by atoms with Gasteiger partial charge in [0.1, 0.15) is 17.1 Å². The number of rotatable bonds is 7. The lowest BCUT2D eigenvalue weighted by Gasteiger charge is -2.17. The summed E-state index contributed by atoms with van der Waals surface area (Å²) in [6, 6.07) is 5.71. The number of fused-ring (bicyclic) bond motifs is 1. The molecular weight excluding hydrogens is 316 g/mol.